The van der Waals surface area contributed by atoms with Crippen LogP contribution in [0, 0.1) is 0 Å². The smallest absolute Gasteiger partial charge is 0.306 e. The molecule has 0 aliphatic rings. The molecule has 0 rings (SSSR count). The largest absolute Gasteiger partial charge is 0.462 e. The summed E-state index contributed by atoms with van der Waals surface area (Å²) in [7, 11) is 0. The van der Waals surface area contributed by atoms with Gasteiger partial charge in [-0.2, -0.15) is 0 Å². The first-order valence-electron chi connectivity index (χ1n) is 30.7. The average Bonchev–Trinajstić information content (AvgIpc) is 3.34. The average molecular weight is 960 g/mol. The lowest BCUT2D eigenvalue weighted by atomic mass is 10.0. The number of allylic oxidation sites excluding steroid dienone is 2. The van der Waals surface area contributed by atoms with Gasteiger partial charge in [-0.15, -0.1) is 0 Å². The Bertz CT molecular complexity index is 1060. The molecular weight excluding hydrogens is 841 g/mol. The number of rotatable bonds is 57. The number of hydrogen-bond donors (Lipinski definition) is 0. The van der Waals surface area contributed by atoms with Crippen LogP contribution in [0.25, 0.3) is 0 Å². The van der Waals surface area contributed by atoms with Crippen LogP contribution in [0.15, 0.2) is 12.2 Å². The highest BCUT2D eigenvalue weighted by Crippen LogP contribution is 2.18. The van der Waals surface area contributed by atoms with Crippen molar-refractivity contribution >= 4 is 17.9 Å². The van der Waals surface area contributed by atoms with E-state index in [1.54, 1.807) is 0 Å². The molecule has 0 saturated carbocycles. The van der Waals surface area contributed by atoms with Gasteiger partial charge in [-0.25, -0.2) is 0 Å². The van der Waals surface area contributed by atoms with Crippen molar-refractivity contribution in [2.24, 2.45) is 0 Å². The molecule has 0 saturated heterocycles. The highest BCUT2D eigenvalue weighted by molar-refractivity contribution is 5.71. The second-order valence-corrected chi connectivity index (χ2v) is 21.0. The third-order valence-corrected chi connectivity index (χ3v) is 14.0. The maximum Gasteiger partial charge on any atom is 0.306 e. The molecule has 0 aromatic carbocycles. The summed E-state index contributed by atoms with van der Waals surface area (Å²) >= 11 is 0. The molecule has 0 amide bonds. The molecule has 0 spiro atoms. The third-order valence-electron chi connectivity index (χ3n) is 14.0. The molecule has 68 heavy (non-hydrogen) atoms. The molecule has 1 atom stereocenters. The van der Waals surface area contributed by atoms with E-state index in [0.717, 1.165) is 64.2 Å². The maximum atomic E-state index is 12.8. The van der Waals surface area contributed by atoms with Crippen LogP contribution in [-0.4, -0.2) is 37.2 Å². The molecular formula is C62H118O6. The predicted octanol–water partition coefficient (Wildman–Crippen LogP) is 20.5. The Morgan fingerprint density at radius 2 is 0.485 bits per heavy atom. The minimum Gasteiger partial charge on any atom is -0.462 e. The normalized spacial score (nSPS) is 12.0. The van der Waals surface area contributed by atoms with Crippen molar-refractivity contribution in [3.8, 4) is 0 Å². The SMILES string of the molecule is CCCCC/C=C\CCCCCCCC(=O)OCC(COC(=O)CCCCCCCCCCCCCCCCCCCCCCCCCCC)OC(=O)CCCCCCCCCCCCCCC. The van der Waals surface area contributed by atoms with Gasteiger partial charge in [0.15, 0.2) is 6.10 Å². The van der Waals surface area contributed by atoms with Gasteiger partial charge in [0.25, 0.3) is 0 Å². The fourth-order valence-corrected chi connectivity index (χ4v) is 9.38. The molecule has 0 fully saturated rings. The molecule has 0 aliphatic carbocycles. The maximum absolute atomic E-state index is 12.8. The number of ether oxygens (including phenoxy) is 3. The molecule has 0 radical (unpaired) electrons. The van der Waals surface area contributed by atoms with Crippen molar-refractivity contribution < 1.29 is 28.6 Å². The summed E-state index contributed by atoms with van der Waals surface area (Å²) in [6, 6.07) is 0. The van der Waals surface area contributed by atoms with Gasteiger partial charge in [-0.05, 0) is 44.9 Å². The van der Waals surface area contributed by atoms with Gasteiger partial charge in [0, 0.05) is 19.3 Å². The van der Waals surface area contributed by atoms with E-state index < -0.39 is 6.10 Å². The Morgan fingerprint density at radius 3 is 0.765 bits per heavy atom. The summed E-state index contributed by atoms with van der Waals surface area (Å²) in [5.74, 6) is -0.851. The van der Waals surface area contributed by atoms with Crippen LogP contribution >= 0.6 is 0 Å². The second kappa shape index (κ2) is 57.7. The minimum absolute atomic E-state index is 0.0665. The van der Waals surface area contributed by atoms with Crippen LogP contribution in [0.5, 0.6) is 0 Å². The lowest BCUT2D eigenvalue weighted by Gasteiger charge is -2.18. The van der Waals surface area contributed by atoms with Gasteiger partial charge in [-0.3, -0.25) is 14.4 Å². The molecule has 402 valence electrons. The van der Waals surface area contributed by atoms with E-state index in [1.165, 1.54) is 244 Å². The zero-order valence-corrected chi connectivity index (χ0v) is 46.2. The number of carbonyl (C=O) groups excluding carboxylic acids is 3. The van der Waals surface area contributed by atoms with E-state index >= 15 is 0 Å². The van der Waals surface area contributed by atoms with Gasteiger partial charge in [0.2, 0.25) is 0 Å². The monoisotopic (exact) mass is 959 g/mol. The molecule has 0 aliphatic heterocycles. The highest BCUT2D eigenvalue weighted by atomic mass is 16.6. The molecule has 0 N–H and O–H groups in total. The van der Waals surface area contributed by atoms with Crippen LogP contribution in [-0.2, 0) is 28.6 Å². The summed E-state index contributed by atoms with van der Waals surface area (Å²) in [5.41, 5.74) is 0. The third kappa shape index (κ3) is 55.1. The molecule has 6 heteroatoms. The number of unbranched alkanes of at least 4 members (excludes halogenated alkanes) is 44. The van der Waals surface area contributed by atoms with E-state index in [0.29, 0.717) is 19.3 Å². The zero-order valence-electron chi connectivity index (χ0n) is 46.2. The highest BCUT2D eigenvalue weighted by Gasteiger charge is 2.19. The Balaban J connectivity index is 4.15. The Labute approximate surface area is 424 Å². The summed E-state index contributed by atoms with van der Waals surface area (Å²) < 4.78 is 16.9. The standard InChI is InChI=1S/C62H118O6/c1-4-7-10-13-16-19-22-25-26-27-28-29-30-31-32-33-34-35-36-38-40-43-46-49-52-55-61(64)67-58-59(57-66-60(63)54-51-48-45-42-39-24-21-18-15-12-9-6-3)68-62(65)56-53-50-47-44-41-37-23-20-17-14-11-8-5-2/h18,21,59H,4-17,19-20,22-58H2,1-3H3/b21-18-. The molecule has 0 aromatic heterocycles. The van der Waals surface area contributed by atoms with Crippen molar-refractivity contribution in [2.75, 3.05) is 13.2 Å². The van der Waals surface area contributed by atoms with E-state index in [4.69, 9.17) is 14.2 Å². The quantitative estimate of drug-likeness (QED) is 0.0262. The Kier molecular flexibility index (Phi) is 56.2. The summed E-state index contributed by atoms with van der Waals surface area (Å²) in [4.78, 5) is 38.1. The first kappa shape index (κ1) is 66.2. The lowest BCUT2D eigenvalue weighted by molar-refractivity contribution is -0.167. The molecule has 0 heterocycles. The van der Waals surface area contributed by atoms with E-state index in [1.807, 2.05) is 0 Å². The van der Waals surface area contributed by atoms with Crippen LogP contribution in [0.1, 0.15) is 348 Å². The fourth-order valence-electron chi connectivity index (χ4n) is 9.38. The van der Waals surface area contributed by atoms with Gasteiger partial charge < -0.3 is 14.2 Å². The number of esters is 3. The molecule has 0 bridgehead atoms. The first-order chi connectivity index (χ1) is 33.5. The lowest BCUT2D eigenvalue weighted by Crippen LogP contribution is -2.30. The van der Waals surface area contributed by atoms with Gasteiger partial charge in [-0.1, -0.05) is 296 Å². The Hall–Kier alpha value is -1.85. The number of carbonyl (C=O) groups is 3. The van der Waals surface area contributed by atoms with Crippen molar-refractivity contribution in [3.05, 3.63) is 12.2 Å². The van der Waals surface area contributed by atoms with Crippen molar-refractivity contribution in [1.29, 1.82) is 0 Å². The van der Waals surface area contributed by atoms with Crippen LogP contribution in [0.4, 0.5) is 0 Å². The molecule has 6 nitrogen and oxygen atoms in total. The van der Waals surface area contributed by atoms with E-state index in [9.17, 15) is 14.4 Å². The fraction of sp³-hybridized carbons (Fsp3) is 0.919. The zero-order chi connectivity index (χ0) is 49.3. The second-order valence-electron chi connectivity index (χ2n) is 21.0. The summed E-state index contributed by atoms with van der Waals surface area (Å²) in [6.45, 7) is 6.67. The van der Waals surface area contributed by atoms with Crippen LogP contribution in [0.2, 0.25) is 0 Å². The topological polar surface area (TPSA) is 78.9 Å². The van der Waals surface area contributed by atoms with Crippen molar-refractivity contribution in [2.45, 2.75) is 354 Å². The summed E-state index contributed by atoms with van der Waals surface area (Å²) in [6.07, 6.45) is 66.5. The molecule has 0 aromatic rings. The van der Waals surface area contributed by atoms with Gasteiger partial charge in [0.05, 0.1) is 0 Å². The summed E-state index contributed by atoms with van der Waals surface area (Å²) in [5, 5.41) is 0. The number of hydrogen-bond acceptors (Lipinski definition) is 6. The van der Waals surface area contributed by atoms with Crippen LogP contribution in [0.3, 0.4) is 0 Å². The first-order valence-corrected chi connectivity index (χ1v) is 30.7. The van der Waals surface area contributed by atoms with Crippen LogP contribution < -0.4 is 0 Å². The molecule has 1 unspecified atom stereocenters. The van der Waals surface area contributed by atoms with E-state index in [-0.39, 0.29) is 31.1 Å². The van der Waals surface area contributed by atoms with Gasteiger partial charge >= 0.3 is 17.9 Å². The Morgan fingerprint density at radius 1 is 0.279 bits per heavy atom. The van der Waals surface area contributed by atoms with Crippen molar-refractivity contribution in [3.63, 3.8) is 0 Å². The van der Waals surface area contributed by atoms with E-state index in [2.05, 4.69) is 32.9 Å². The predicted molar refractivity (Wildman–Crippen MR) is 293 cm³/mol. The van der Waals surface area contributed by atoms with Gasteiger partial charge in [0.1, 0.15) is 13.2 Å². The minimum atomic E-state index is -0.767. The van der Waals surface area contributed by atoms with Crippen molar-refractivity contribution in [1.82, 2.24) is 0 Å².